The Labute approximate surface area is 145 Å². The molecule has 0 saturated carbocycles. The van der Waals surface area contributed by atoms with Crippen LogP contribution in [0.3, 0.4) is 0 Å². The molecule has 3 heteroatoms. The van der Waals surface area contributed by atoms with E-state index < -0.39 is 0 Å². The molecule has 0 spiro atoms. The summed E-state index contributed by atoms with van der Waals surface area (Å²) in [6.45, 7) is 6.50. The van der Waals surface area contributed by atoms with Gasteiger partial charge in [0.2, 0.25) is 0 Å². The van der Waals surface area contributed by atoms with Crippen molar-refractivity contribution >= 4 is 12.4 Å². The monoisotopic (exact) mass is 332 g/mol. The van der Waals surface area contributed by atoms with Gasteiger partial charge in [-0.15, -0.1) is 12.4 Å². The van der Waals surface area contributed by atoms with E-state index in [1.165, 1.54) is 110 Å². The van der Waals surface area contributed by atoms with E-state index in [9.17, 15) is 0 Å². The van der Waals surface area contributed by atoms with E-state index in [0.29, 0.717) is 0 Å². The number of fused-ring (bicyclic) bond motifs is 3. The predicted octanol–water partition coefficient (Wildman–Crippen LogP) is 6.37. The molecule has 3 saturated heterocycles. The highest BCUT2D eigenvalue weighted by Gasteiger charge is 2.38. The van der Waals surface area contributed by atoms with Gasteiger partial charge in [-0.2, -0.15) is 0 Å². The molecule has 0 aromatic rings. The highest BCUT2D eigenvalue weighted by Crippen LogP contribution is 2.43. The Morgan fingerprint density at radius 1 is 0.682 bits per heavy atom. The first-order valence-electron chi connectivity index (χ1n) is 9.57. The lowest BCUT2D eigenvalue weighted by atomic mass is 9.69. The molecule has 3 heterocycles. The lowest BCUT2D eigenvalue weighted by Crippen LogP contribution is -2.48. The number of nitrogens with zero attached hydrogens (tertiary/aromatic N) is 1. The second-order valence-corrected chi connectivity index (χ2v) is 7.52. The Hall–Kier alpha value is 0.210. The van der Waals surface area contributed by atoms with E-state index in [0.717, 1.165) is 5.41 Å². The highest BCUT2D eigenvalue weighted by atomic mass is 35.5. The van der Waals surface area contributed by atoms with Crippen LogP contribution in [0.5, 0.6) is 0 Å². The summed E-state index contributed by atoms with van der Waals surface area (Å²) in [5, 5.41) is 0. The molecule has 2 bridgehead atoms. The predicted molar refractivity (Wildman–Crippen MR) is 101 cm³/mol. The van der Waals surface area contributed by atoms with Crippen LogP contribution in [-0.4, -0.2) is 24.5 Å². The van der Waals surface area contributed by atoms with Gasteiger partial charge in [0.15, 0.2) is 0 Å². The first kappa shape index (κ1) is 22.2. The van der Waals surface area contributed by atoms with Crippen LogP contribution in [0.1, 0.15) is 96.8 Å². The summed E-state index contributed by atoms with van der Waals surface area (Å²) < 4.78 is 0. The molecule has 2 nitrogen and oxygen atoms in total. The van der Waals surface area contributed by atoms with Crippen LogP contribution in [0.2, 0.25) is 0 Å². The molecule has 0 radical (unpaired) electrons. The fourth-order valence-corrected chi connectivity index (χ4v) is 4.26. The molecule has 22 heavy (non-hydrogen) atoms. The Morgan fingerprint density at radius 2 is 1.09 bits per heavy atom. The third kappa shape index (κ3) is 7.66. The van der Waals surface area contributed by atoms with Crippen molar-refractivity contribution in [2.75, 3.05) is 19.6 Å². The topological polar surface area (TPSA) is 38.2 Å². The minimum Gasteiger partial charge on any atom is -0.344 e. The average molecular weight is 333 g/mol. The van der Waals surface area contributed by atoms with Gasteiger partial charge >= 0.3 is 0 Å². The number of rotatable bonds is 11. The summed E-state index contributed by atoms with van der Waals surface area (Å²) in [4.78, 5) is 2.67. The lowest BCUT2D eigenvalue weighted by Gasteiger charge is -2.48. The maximum atomic E-state index is 2.67. The summed E-state index contributed by atoms with van der Waals surface area (Å²) >= 11 is 0. The Balaban J connectivity index is 0.00000220. The smallest absolute Gasteiger partial charge is 0.00134 e. The fourth-order valence-electron chi connectivity index (χ4n) is 4.26. The van der Waals surface area contributed by atoms with Gasteiger partial charge in [0.25, 0.3) is 0 Å². The summed E-state index contributed by atoms with van der Waals surface area (Å²) in [5.74, 6) is 0. The second kappa shape index (κ2) is 12.6. The van der Waals surface area contributed by atoms with Crippen LogP contribution >= 0.6 is 12.4 Å². The highest BCUT2D eigenvalue weighted by molar-refractivity contribution is 5.85. The molecule has 0 aromatic heterocycles. The van der Waals surface area contributed by atoms with Crippen LogP contribution in [0, 0.1) is 5.41 Å². The van der Waals surface area contributed by atoms with Crippen molar-refractivity contribution in [3.63, 3.8) is 0 Å². The Morgan fingerprint density at radius 3 is 1.55 bits per heavy atom. The SMILES string of the molecule is CCCCCCCCCCCCC12CCN(CC1)CC2.Cl.N. The molecule has 3 aliphatic heterocycles. The number of piperidine rings is 3. The van der Waals surface area contributed by atoms with Crippen molar-refractivity contribution in [1.29, 1.82) is 0 Å². The Bertz CT molecular complexity index is 236. The van der Waals surface area contributed by atoms with Gasteiger partial charge in [-0.25, -0.2) is 0 Å². The zero-order valence-corrected chi connectivity index (χ0v) is 15.9. The van der Waals surface area contributed by atoms with E-state index >= 15 is 0 Å². The molecular weight excluding hydrogens is 292 g/mol. The molecule has 134 valence electrons. The average Bonchev–Trinajstić information content (AvgIpc) is 2.51. The van der Waals surface area contributed by atoms with Gasteiger partial charge < -0.3 is 11.1 Å². The van der Waals surface area contributed by atoms with Crippen molar-refractivity contribution in [1.82, 2.24) is 11.1 Å². The van der Waals surface area contributed by atoms with Crippen LogP contribution in [0.25, 0.3) is 0 Å². The molecule has 3 aliphatic rings. The van der Waals surface area contributed by atoms with Crippen LogP contribution < -0.4 is 6.15 Å². The third-order valence-corrected chi connectivity index (χ3v) is 5.94. The Kier molecular flexibility index (Phi) is 12.7. The molecule has 0 atom stereocenters. The van der Waals surface area contributed by atoms with Gasteiger partial charge in [-0.1, -0.05) is 71.1 Å². The van der Waals surface area contributed by atoms with E-state index in [4.69, 9.17) is 0 Å². The van der Waals surface area contributed by atoms with Crippen molar-refractivity contribution < 1.29 is 0 Å². The van der Waals surface area contributed by atoms with Crippen molar-refractivity contribution in [3.05, 3.63) is 0 Å². The third-order valence-electron chi connectivity index (χ3n) is 5.94. The van der Waals surface area contributed by atoms with Gasteiger partial charge in [-0.3, -0.25) is 0 Å². The molecule has 0 aliphatic carbocycles. The first-order valence-corrected chi connectivity index (χ1v) is 9.57. The van der Waals surface area contributed by atoms with Crippen LogP contribution in [0.4, 0.5) is 0 Å². The van der Waals surface area contributed by atoms with Gasteiger partial charge in [0.1, 0.15) is 0 Å². The quantitative estimate of drug-likeness (QED) is 0.446. The molecule has 0 unspecified atom stereocenters. The lowest BCUT2D eigenvalue weighted by molar-refractivity contribution is 0.0180. The number of hydrogen-bond acceptors (Lipinski definition) is 2. The first-order chi connectivity index (χ1) is 9.85. The number of unbranched alkanes of at least 4 members (excludes halogenated alkanes) is 9. The largest absolute Gasteiger partial charge is 0.344 e. The standard InChI is InChI=1S/C19H37N.ClH.H3N/c1-2-3-4-5-6-7-8-9-10-11-12-19-13-16-20(17-14-19)18-15-19;;/h2-18H2,1H3;1H;1H3. The fraction of sp³-hybridized carbons (Fsp3) is 1.00. The normalized spacial score (nSPS) is 26.3. The number of hydrogen-bond donors (Lipinski definition) is 1. The summed E-state index contributed by atoms with van der Waals surface area (Å²) in [6.07, 6.45) is 20.8. The molecular formula is C19H41ClN2. The minimum atomic E-state index is 0. The minimum absolute atomic E-state index is 0. The molecule has 0 aromatic carbocycles. The molecule has 3 N–H and O–H groups in total. The molecule has 3 rings (SSSR count). The number of halogens is 1. The van der Waals surface area contributed by atoms with E-state index in [2.05, 4.69) is 11.8 Å². The van der Waals surface area contributed by atoms with Crippen LogP contribution in [0.15, 0.2) is 0 Å². The van der Waals surface area contributed by atoms with E-state index in [1.807, 2.05) is 0 Å². The van der Waals surface area contributed by atoms with Gasteiger partial charge in [0.05, 0.1) is 0 Å². The zero-order chi connectivity index (χ0) is 14.1. The summed E-state index contributed by atoms with van der Waals surface area (Å²) in [7, 11) is 0. The summed E-state index contributed by atoms with van der Waals surface area (Å²) in [6, 6.07) is 0. The summed E-state index contributed by atoms with van der Waals surface area (Å²) in [5.41, 5.74) is 0.787. The van der Waals surface area contributed by atoms with Gasteiger partial charge in [0, 0.05) is 0 Å². The zero-order valence-electron chi connectivity index (χ0n) is 15.1. The molecule has 3 fully saturated rings. The second-order valence-electron chi connectivity index (χ2n) is 7.52. The van der Waals surface area contributed by atoms with Crippen molar-refractivity contribution in [3.8, 4) is 0 Å². The maximum absolute atomic E-state index is 2.67. The maximum Gasteiger partial charge on any atom is -0.00134 e. The molecule has 0 amide bonds. The van der Waals surface area contributed by atoms with Gasteiger partial charge in [-0.05, 0) is 50.7 Å². The van der Waals surface area contributed by atoms with Crippen molar-refractivity contribution in [2.45, 2.75) is 96.8 Å². The van der Waals surface area contributed by atoms with Crippen LogP contribution in [-0.2, 0) is 0 Å². The van der Waals surface area contributed by atoms with E-state index in [1.54, 1.807) is 0 Å². The van der Waals surface area contributed by atoms with Crippen molar-refractivity contribution in [2.24, 2.45) is 5.41 Å². The van der Waals surface area contributed by atoms with E-state index in [-0.39, 0.29) is 18.6 Å².